The molecule has 0 aromatic carbocycles. The van der Waals surface area contributed by atoms with Crippen LogP contribution in [0.25, 0.3) is 0 Å². The topological polar surface area (TPSA) is 93.5 Å². The summed E-state index contributed by atoms with van der Waals surface area (Å²) >= 11 is 0. The van der Waals surface area contributed by atoms with Gasteiger partial charge < -0.3 is 15.2 Å². The predicted octanol–water partition coefficient (Wildman–Crippen LogP) is 1.94. The predicted molar refractivity (Wildman–Crippen MR) is 72.3 cm³/mol. The Kier molecular flexibility index (Phi) is 5.12. The number of hydrogen-bond donors (Lipinski definition) is 2. The summed E-state index contributed by atoms with van der Waals surface area (Å²) in [5.41, 5.74) is 0.00551. The Morgan fingerprint density at radius 2 is 2.15 bits per heavy atom. The molecule has 0 radical (unpaired) electrons. The number of ether oxygens (including phenoxy) is 1. The SMILES string of the molecule is CCn1cc([C@@H](CC(=O)O)NC(=O)OC(C)(C)C)cn1. The number of carbonyl (C=O) groups excluding carboxylic acids is 1. The lowest BCUT2D eigenvalue weighted by atomic mass is 10.1. The van der Waals surface area contributed by atoms with E-state index in [0.717, 1.165) is 0 Å². The van der Waals surface area contributed by atoms with Gasteiger partial charge in [0.05, 0.1) is 18.7 Å². The normalized spacial score (nSPS) is 12.8. The van der Waals surface area contributed by atoms with Crippen LogP contribution in [0.4, 0.5) is 4.79 Å². The van der Waals surface area contributed by atoms with Gasteiger partial charge in [-0.15, -0.1) is 0 Å². The Hall–Kier alpha value is -2.05. The van der Waals surface area contributed by atoms with Gasteiger partial charge in [-0.25, -0.2) is 4.79 Å². The first-order chi connectivity index (χ1) is 9.21. The van der Waals surface area contributed by atoms with E-state index in [-0.39, 0.29) is 6.42 Å². The van der Waals surface area contributed by atoms with E-state index in [1.807, 2.05) is 6.92 Å². The molecule has 112 valence electrons. The summed E-state index contributed by atoms with van der Waals surface area (Å²) < 4.78 is 6.80. The quantitative estimate of drug-likeness (QED) is 0.861. The average Bonchev–Trinajstić information content (AvgIpc) is 2.73. The van der Waals surface area contributed by atoms with E-state index >= 15 is 0 Å². The van der Waals surface area contributed by atoms with Crippen LogP contribution in [-0.4, -0.2) is 32.6 Å². The van der Waals surface area contributed by atoms with Crippen molar-refractivity contribution in [2.24, 2.45) is 0 Å². The molecule has 0 aliphatic rings. The fourth-order valence-electron chi connectivity index (χ4n) is 1.61. The highest BCUT2D eigenvalue weighted by Gasteiger charge is 2.23. The molecule has 1 aromatic rings. The third kappa shape index (κ3) is 5.29. The van der Waals surface area contributed by atoms with Crippen molar-refractivity contribution in [1.29, 1.82) is 0 Å². The Morgan fingerprint density at radius 1 is 1.50 bits per heavy atom. The molecule has 1 aromatic heterocycles. The van der Waals surface area contributed by atoms with Crippen LogP contribution in [0.15, 0.2) is 12.4 Å². The maximum absolute atomic E-state index is 11.7. The maximum atomic E-state index is 11.7. The number of rotatable bonds is 5. The molecule has 0 saturated carbocycles. The zero-order valence-corrected chi connectivity index (χ0v) is 12.2. The third-order valence-electron chi connectivity index (χ3n) is 2.45. The first-order valence-corrected chi connectivity index (χ1v) is 6.45. The van der Waals surface area contributed by atoms with E-state index in [9.17, 15) is 9.59 Å². The highest BCUT2D eigenvalue weighted by Crippen LogP contribution is 2.17. The van der Waals surface area contributed by atoms with Crippen molar-refractivity contribution in [3.05, 3.63) is 18.0 Å². The molecule has 1 heterocycles. The molecule has 0 bridgehead atoms. The van der Waals surface area contributed by atoms with E-state index in [4.69, 9.17) is 9.84 Å². The summed E-state index contributed by atoms with van der Waals surface area (Å²) in [5, 5.41) is 15.6. The van der Waals surface area contributed by atoms with Crippen LogP contribution >= 0.6 is 0 Å². The first kappa shape index (κ1) is 16.0. The first-order valence-electron chi connectivity index (χ1n) is 6.45. The van der Waals surface area contributed by atoms with Gasteiger partial charge >= 0.3 is 12.1 Å². The van der Waals surface area contributed by atoms with Crippen molar-refractivity contribution in [3.8, 4) is 0 Å². The number of aromatic nitrogens is 2. The molecule has 7 nitrogen and oxygen atoms in total. The number of nitrogens with zero attached hydrogens (tertiary/aromatic N) is 2. The molecule has 0 spiro atoms. The highest BCUT2D eigenvalue weighted by molar-refractivity contribution is 5.72. The molecule has 20 heavy (non-hydrogen) atoms. The molecule has 1 atom stereocenters. The van der Waals surface area contributed by atoms with Crippen LogP contribution in [0.1, 0.15) is 45.7 Å². The highest BCUT2D eigenvalue weighted by atomic mass is 16.6. The molecule has 0 aliphatic heterocycles. The van der Waals surface area contributed by atoms with Crippen LogP contribution in [0.5, 0.6) is 0 Å². The molecule has 0 saturated heterocycles. The van der Waals surface area contributed by atoms with Gasteiger partial charge in [0.25, 0.3) is 0 Å². The number of carboxylic acid groups (broad SMARTS) is 1. The summed E-state index contributed by atoms with van der Waals surface area (Å²) in [5.74, 6) is -1.00. The number of alkyl carbamates (subject to hydrolysis) is 1. The minimum Gasteiger partial charge on any atom is -0.481 e. The van der Waals surface area contributed by atoms with Crippen LogP contribution in [0.2, 0.25) is 0 Å². The average molecular weight is 283 g/mol. The van der Waals surface area contributed by atoms with Crippen LogP contribution in [-0.2, 0) is 16.1 Å². The standard InChI is InChI=1S/C13H21N3O4/c1-5-16-8-9(7-14-16)10(6-11(17)18)15-12(19)20-13(2,3)4/h7-8,10H,5-6H2,1-4H3,(H,15,19)(H,17,18)/t10-/m1/s1. The van der Waals surface area contributed by atoms with Crippen LogP contribution in [0, 0.1) is 0 Å². The monoisotopic (exact) mass is 283 g/mol. The van der Waals surface area contributed by atoms with Gasteiger partial charge in [-0.2, -0.15) is 5.10 Å². The summed E-state index contributed by atoms with van der Waals surface area (Å²) in [6.07, 6.45) is 2.39. The second kappa shape index (κ2) is 6.40. The second-order valence-electron chi connectivity index (χ2n) is 5.43. The second-order valence-corrected chi connectivity index (χ2v) is 5.43. The van der Waals surface area contributed by atoms with Crippen molar-refractivity contribution in [2.75, 3.05) is 0 Å². The van der Waals surface area contributed by atoms with E-state index in [2.05, 4.69) is 10.4 Å². The third-order valence-corrected chi connectivity index (χ3v) is 2.45. The van der Waals surface area contributed by atoms with E-state index in [0.29, 0.717) is 12.1 Å². The Labute approximate surface area is 117 Å². The Morgan fingerprint density at radius 3 is 2.60 bits per heavy atom. The lowest BCUT2D eigenvalue weighted by Crippen LogP contribution is -2.35. The van der Waals surface area contributed by atoms with Crippen LogP contribution in [0.3, 0.4) is 0 Å². The summed E-state index contributed by atoms with van der Waals surface area (Å²) in [6.45, 7) is 7.83. The van der Waals surface area contributed by atoms with E-state index < -0.39 is 23.7 Å². The fourth-order valence-corrected chi connectivity index (χ4v) is 1.61. The molecule has 0 fully saturated rings. The summed E-state index contributed by atoms with van der Waals surface area (Å²) in [7, 11) is 0. The van der Waals surface area contributed by atoms with Crippen LogP contribution < -0.4 is 5.32 Å². The van der Waals surface area contributed by atoms with Crippen molar-refractivity contribution in [2.45, 2.75) is 52.3 Å². The van der Waals surface area contributed by atoms with Crippen molar-refractivity contribution in [3.63, 3.8) is 0 Å². The zero-order valence-electron chi connectivity index (χ0n) is 12.2. The van der Waals surface area contributed by atoms with Crippen molar-refractivity contribution < 1.29 is 19.4 Å². The number of carboxylic acids is 1. The molecule has 1 amide bonds. The molecule has 7 heteroatoms. The lowest BCUT2D eigenvalue weighted by molar-refractivity contribution is -0.137. The summed E-state index contributed by atoms with van der Waals surface area (Å²) in [4.78, 5) is 22.7. The number of aryl methyl sites for hydroxylation is 1. The number of amides is 1. The Bertz CT molecular complexity index is 476. The maximum Gasteiger partial charge on any atom is 0.408 e. The van der Waals surface area contributed by atoms with Gasteiger partial charge in [0.2, 0.25) is 0 Å². The number of aliphatic carboxylic acids is 1. The molecular formula is C13H21N3O4. The van der Waals surface area contributed by atoms with E-state index in [1.54, 1.807) is 37.8 Å². The molecule has 1 rings (SSSR count). The van der Waals surface area contributed by atoms with Gasteiger partial charge in [0.1, 0.15) is 5.60 Å². The largest absolute Gasteiger partial charge is 0.481 e. The lowest BCUT2D eigenvalue weighted by Gasteiger charge is -2.22. The number of nitrogens with one attached hydrogen (secondary N) is 1. The molecule has 2 N–H and O–H groups in total. The van der Waals surface area contributed by atoms with Gasteiger partial charge in [-0.1, -0.05) is 0 Å². The van der Waals surface area contributed by atoms with Gasteiger partial charge in [0, 0.05) is 18.3 Å². The smallest absolute Gasteiger partial charge is 0.408 e. The van der Waals surface area contributed by atoms with Crippen molar-refractivity contribution in [1.82, 2.24) is 15.1 Å². The van der Waals surface area contributed by atoms with Crippen molar-refractivity contribution >= 4 is 12.1 Å². The molecule has 0 aliphatic carbocycles. The Balaban J connectivity index is 2.79. The molecule has 0 unspecified atom stereocenters. The number of hydrogen-bond acceptors (Lipinski definition) is 4. The summed E-state index contributed by atoms with van der Waals surface area (Å²) in [6, 6.07) is -0.664. The zero-order chi connectivity index (χ0) is 15.3. The van der Waals surface area contributed by atoms with Gasteiger partial charge in [-0.3, -0.25) is 9.48 Å². The van der Waals surface area contributed by atoms with Gasteiger partial charge in [0.15, 0.2) is 0 Å². The van der Waals surface area contributed by atoms with Gasteiger partial charge in [-0.05, 0) is 27.7 Å². The minimum atomic E-state index is -1.00. The number of carbonyl (C=O) groups is 2. The minimum absolute atomic E-state index is 0.228. The molecular weight excluding hydrogens is 262 g/mol. The fraction of sp³-hybridized carbons (Fsp3) is 0.615. The van der Waals surface area contributed by atoms with E-state index in [1.165, 1.54) is 0 Å².